The van der Waals surface area contributed by atoms with E-state index in [9.17, 15) is 5.11 Å². The summed E-state index contributed by atoms with van der Waals surface area (Å²) in [6, 6.07) is 0. The molecule has 1 fully saturated rings. The predicted molar refractivity (Wildman–Crippen MR) is 125 cm³/mol. The molecule has 0 spiro atoms. The van der Waals surface area contributed by atoms with Crippen molar-refractivity contribution >= 4 is 0 Å². The second kappa shape index (κ2) is 14.7. The Morgan fingerprint density at radius 3 is 2.76 bits per heavy atom. The number of aliphatic hydroxyl groups is 1. The highest BCUT2D eigenvalue weighted by Gasteiger charge is 2.26. The van der Waals surface area contributed by atoms with Crippen LogP contribution in [0.4, 0.5) is 0 Å². The van der Waals surface area contributed by atoms with Crippen molar-refractivity contribution in [2.45, 2.75) is 96.5 Å². The van der Waals surface area contributed by atoms with E-state index in [1.165, 1.54) is 50.7 Å². The summed E-state index contributed by atoms with van der Waals surface area (Å²) in [5.74, 6) is 3.57. The van der Waals surface area contributed by atoms with Gasteiger partial charge in [-0.05, 0) is 81.6 Å². The zero-order valence-corrected chi connectivity index (χ0v) is 18.7. The molecule has 0 radical (unpaired) electrons. The Morgan fingerprint density at radius 1 is 1.10 bits per heavy atom. The van der Waals surface area contributed by atoms with E-state index in [4.69, 9.17) is 4.74 Å². The van der Waals surface area contributed by atoms with Crippen LogP contribution < -0.4 is 0 Å². The summed E-state index contributed by atoms with van der Waals surface area (Å²) in [6.45, 7) is 6.68. The van der Waals surface area contributed by atoms with E-state index in [1.807, 2.05) is 12.2 Å². The van der Waals surface area contributed by atoms with Crippen LogP contribution in [0.5, 0.6) is 0 Å². The molecule has 2 heteroatoms. The van der Waals surface area contributed by atoms with Crippen molar-refractivity contribution < 1.29 is 9.84 Å². The molecule has 1 N–H and O–H groups in total. The van der Waals surface area contributed by atoms with Gasteiger partial charge in [0.2, 0.25) is 0 Å². The minimum Gasteiger partial charge on any atom is -0.498 e. The zero-order valence-electron chi connectivity index (χ0n) is 18.7. The van der Waals surface area contributed by atoms with Crippen LogP contribution in [0, 0.1) is 17.8 Å². The molecule has 2 rings (SSSR count). The van der Waals surface area contributed by atoms with Gasteiger partial charge in [0, 0.05) is 6.42 Å². The van der Waals surface area contributed by atoms with Gasteiger partial charge in [0.15, 0.2) is 0 Å². The minimum atomic E-state index is -0.192. The highest BCUT2D eigenvalue weighted by Crippen LogP contribution is 2.38. The highest BCUT2D eigenvalue weighted by atomic mass is 16.5. The summed E-state index contributed by atoms with van der Waals surface area (Å²) < 4.78 is 6.12. The van der Waals surface area contributed by atoms with Gasteiger partial charge in [-0.2, -0.15) is 0 Å². The normalized spacial score (nSPS) is 24.7. The van der Waals surface area contributed by atoms with Crippen molar-refractivity contribution in [2.75, 3.05) is 6.61 Å². The third-order valence-corrected chi connectivity index (χ3v) is 6.78. The number of allylic oxidation sites excluding steroid dienone is 7. The van der Waals surface area contributed by atoms with Gasteiger partial charge in [-0.3, -0.25) is 0 Å². The van der Waals surface area contributed by atoms with Crippen LogP contribution in [0.15, 0.2) is 48.8 Å². The smallest absolute Gasteiger partial charge is 0.0922 e. The zero-order chi connectivity index (χ0) is 20.7. The van der Waals surface area contributed by atoms with Gasteiger partial charge in [0.05, 0.1) is 18.5 Å². The van der Waals surface area contributed by atoms with Crippen molar-refractivity contribution in [1.82, 2.24) is 0 Å². The molecule has 0 bridgehead atoms. The maximum absolute atomic E-state index is 10.4. The standard InChI is InChI=1S/C27H44O2/c1-3-5-6-7-8-13-23(4-2)19-20-26(28)17-12-21-29-27-18-11-16-24-14-9-10-15-25(24)22-27/h3,5-8,22-26,28H,1,4,9-21H2,2H3. The van der Waals surface area contributed by atoms with Crippen molar-refractivity contribution in [3.8, 4) is 0 Å². The number of hydrogen-bond acceptors (Lipinski definition) is 2. The van der Waals surface area contributed by atoms with Gasteiger partial charge in [-0.1, -0.05) is 63.1 Å². The fourth-order valence-electron chi connectivity index (χ4n) is 4.87. The number of ether oxygens (including phenoxy) is 1. The Morgan fingerprint density at radius 2 is 1.93 bits per heavy atom. The maximum Gasteiger partial charge on any atom is 0.0922 e. The molecule has 0 aromatic heterocycles. The lowest BCUT2D eigenvalue weighted by Crippen LogP contribution is -2.16. The van der Waals surface area contributed by atoms with Crippen LogP contribution in [-0.4, -0.2) is 17.8 Å². The van der Waals surface area contributed by atoms with Crippen molar-refractivity contribution in [3.63, 3.8) is 0 Å². The Hall–Kier alpha value is -1.28. The quantitative estimate of drug-likeness (QED) is 0.256. The van der Waals surface area contributed by atoms with E-state index in [0.717, 1.165) is 57.0 Å². The minimum absolute atomic E-state index is 0.192. The van der Waals surface area contributed by atoms with Crippen LogP contribution in [-0.2, 0) is 4.74 Å². The average molecular weight is 401 g/mol. The predicted octanol–water partition coefficient (Wildman–Crippen LogP) is 7.51. The first-order valence-electron chi connectivity index (χ1n) is 12.2. The summed E-state index contributed by atoms with van der Waals surface area (Å²) >= 11 is 0. The first-order valence-corrected chi connectivity index (χ1v) is 12.2. The van der Waals surface area contributed by atoms with Crippen LogP contribution in [0.1, 0.15) is 90.4 Å². The van der Waals surface area contributed by atoms with Gasteiger partial charge >= 0.3 is 0 Å². The van der Waals surface area contributed by atoms with E-state index in [-0.39, 0.29) is 6.10 Å². The monoisotopic (exact) mass is 400 g/mol. The van der Waals surface area contributed by atoms with E-state index < -0.39 is 0 Å². The molecule has 2 aliphatic carbocycles. The molecule has 0 aromatic rings. The molecule has 0 saturated heterocycles. The largest absolute Gasteiger partial charge is 0.498 e. The van der Waals surface area contributed by atoms with E-state index in [1.54, 1.807) is 6.08 Å². The molecule has 0 amide bonds. The molecule has 2 nitrogen and oxygen atoms in total. The van der Waals surface area contributed by atoms with E-state index in [0.29, 0.717) is 5.92 Å². The molecule has 29 heavy (non-hydrogen) atoms. The maximum atomic E-state index is 10.4. The lowest BCUT2D eigenvalue weighted by Gasteiger charge is -2.28. The fraction of sp³-hybridized carbons (Fsp3) is 0.704. The molecule has 0 aliphatic heterocycles. The van der Waals surface area contributed by atoms with Crippen LogP contribution in [0.2, 0.25) is 0 Å². The molecule has 2 aliphatic rings. The second-order valence-electron chi connectivity index (χ2n) is 9.01. The van der Waals surface area contributed by atoms with Crippen LogP contribution in [0.25, 0.3) is 0 Å². The van der Waals surface area contributed by atoms with Crippen molar-refractivity contribution in [2.24, 2.45) is 17.8 Å². The molecule has 4 unspecified atom stereocenters. The Balaban J connectivity index is 1.59. The molecule has 0 heterocycles. The van der Waals surface area contributed by atoms with Crippen LogP contribution >= 0.6 is 0 Å². The van der Waals surface area contributed by atoms with Gasteiger partial charge in [-0.25, -0.2) is 0 Å². The SMILES string of the molecule is C=CC=CC=CCC(CC)CCC(O)CCCOC1=CC2CCCCC2CCC1. The summed E-state index contributed by atoms with van der Waals surface area (Å²) in [5, 5.41) is 10.4. The molecular formula is C27H44O2. The average Bonchev–Trinajstić information content (AvgIpc) is 2.95. The van der Waals surface area contributed by atoms with Crippen molar-refractivity contribution in [1.29, 1.82) is 0 Å². The van der Waals surface area contributed by atoms with Gasteiger partial charge < -0.3 is 9.84 Å². The Bertz CT molecular complexity index is 531. The lowest BCUT2D eigenvalue weighted by molar-refractivity contribution is 0.123. The number of rotatable bonds is 13. The number of fused-ring (bicyclic) bond motifs is 1. The number of hydrogen-bond donors (Lipinski definition) is 1. The second-order valence-corrected chi connectivity index (χ2v) is 9.01. The van der Waals surface area contributed by atoms with E-state index >= 15 is 0 Å². The molecular weight excluding hydrogens is 356 g/mol. The van der Waals surface area contributed by atoms with Gasteiger partial charge in [0.1, 0.15) is 0 Å². The third-order valence-electron chi connectivity index (χ3n) is 6.78. The fourth-order valence-corrected chi connectivity index (χ4v) is 4.87. The first-order chi connectivity index (χ1) is 14.2. The first kappa shape index (κ1) is 24.0. The summed E-state index contributed by atoms with van der Waals surface area (Å²) in [6.07, 6.45) is 27.8. The molecule has 164 valence electrons. The topological polar surface area (TPSA) is 29.5 Å². The van der Waals surface area contributed by atoms with E-state index in [2.05, 4.69) is 31.7 Å². The Kier molecular flexibility index (Phi) is 12.1. The third kappa shape index (κ3) is 9.85. The van der Waals surface area contributed by atoms with Crippen molar-refractivity contribution in [3.05, 3.63) is 48.8 Å². The molecule has 1 saturated carbocycles. The summed E-state index contributed by atoms with van der Waals surface area (Å²) in [4.78, 5) is 0. The summed E-state index contributed by atoms with van der Waals surface area (Å²) in [7, 11) is 0. The lowest BCUT2D eigenvalue weighted by atomic mass is 9.78. The Labute approximate surface area is 179 Å². The highest BCUT2D eigenvalue weighted by molar-refractivity contribution is 5.09. The van der Waals surface area contributed by atoms with Crippen LogP contribution in [0.3, 0.4) is 0 Å². The summed E-state index contributed by atoms with van der Waals surface area (Å²) in [5.41, 5.74) is 0. The van der Waals surface area contributed by atoms with Gasteiger partial charge in [-0.15, -0.1) is 0 Å². The molecule has 4 atom stereocenters. The molecule has 0 aromatic carbocycles. The van der Waals surface area contributed by atoms with Gasteiger partial charge in [0.25, 0.3) is 0 Å². The number of aliphatic hydroxyl groups excluding tert-OH is 1.